The number of rotatable bonds is 9. The Labute approximate surface area is 118 Å². The maximum atomic E-state index is 4.98. The molecule has 1 aromatic heterocycles. The van der Waals surface area contributed by atoms with E-state index in [0.717, 1.165) is 43.1 Å². The van der Waals surface area contributed by atoms with Crippen molar-refractivity contribution in [3.63, 3.8) is 0 Å². The molecule has 1 aliphatic carbocycles. The van der Waals surface area contributed by atoms with Crippen molar-refractivity contribution in [3.05, 3.63) is 0 Å². The van der Waals surface area contributed by atoms with Crippen molar-refractivity contribution in [1.29, 1.82) is 0 Å². The highest BCUT2D eigenvalue weighted by molar-refractivity contribution is 7.99. The highest BCUT2D eigenvalue weighted by atomic mass is 32.2. The molecule has 0 saturated heterocycles. The molecule has 1 N–H and O–H groups in total. The van der Waals surface area contributed by atoms with Crippen LogP contribution in [0.25, 0.3) is 0 Å². The molecule has 1 aliphatic rings. The molecule has 7 heteroatoms. The molecule has 1 heterocycles. The fraction of sp³-hybridized carbons (Fsp3) is 0.917. The van der Waals surface area contributed by atoms with Gasteiger partial charge in [0.15, 0.2) is 0 Å². The Bertz CT molecular complexity index is 354. The number of hydrogen-bond acceptors (Lipinski definition) is 6. The molecule has 6 nitrogen and oxygen atoms in total. The number of methoxy groups -OCH3 is 1. The van der Waals surface area contributed by atoms with Gasteiger partial charge in [-0.05, 0) is 29.2 Å². The fourth-order valence-electron chi connectivity index (χ4n) is 2.29. The molecule has 1 aromatic rings. The van der Waals surface area contributed by atoms with Gasteiger partial charge in [-0.1, -0.05) is 24.6 Å². The normalized spacial score (nSPS) is 16.3. The minimum Gasteiger partial charge on any atom is -0.383 e. The van der Waals surface area contributed by atoms with Gasteiger partial charge in [-0.3, -0.25) is 0 Å². The summed E-state index contributed by atoms with van der Waals surface area (Å²) in [5.41, 5.74) is 0. The molecule has 0 radical (unpaired) electrons. The molecular weight excluding hydrogens is 262 g/mol. The number of nitrogens with one attached hydrogen (secondary N) is 1. The van der Waals surface area contributed by atoms with Crippen molar-refractivity contribution in [3.8, 4) is 0 Å². The predicted molar refractivity (Wildman–Crippen MR) is 75.2 cm³/mol. The van der Waals surface area contributed by atoms with Crippen LogP contribution in [0.4, 0.5) is 0 Å². The highest BCUT2D eigenvalue weighted by Gasteiger charge is 2.16. The van der Waals surface area contributed by atoms with Crippen LogP contribution in [0.2, 0.25) is 0 Å². The second kappa shape index (κ2) is 8.50. The van der Waals surface area contributed by atoms with Crippen molar-refractivity contribution >= 4 is 11.8 Å². The Hall–Kier alpha value is -0.660. The Morgan fingerprint density at radius 3 is 3.00 bits per heavy atom. The average Bonchev–Trinajstić information content (AvgIpc) is 3.07. The van der Waals surface area contributed by atoms with E-state index in [1.54, 1.807) is 18.9 Å². The number of thioether (sulfide) groups is 1. The third-order valence-corrected chi connectivity index (χ3v) is 4.59. The van der Waals surface area contributed by atoms with Crippen LogP contribution in [-0.2, 0) is 11.3 Å². The topological polar surface area (TPSA) is 64.9 Å². The smallest absolute Gasteiger partial charge is 0.209 e. The molecule has 0 unspecified atom stereocenters. The maximum absolute atomic E-state index is 4.98. The van der Waals surface area contributed by atoms with Gasteiger partial charge in [-0.15, -0.1) is 5.10 Å². The van der Waals surface area contributed by atoms with Crippen molar-refractivity contribution in [2.75, 3.05) is 32.6 Å². The fourth-order valence-corrected chi connectivity index (χ4v) is 3.38. The van der Waals surface area contributed by atoms with Crippen molar-refractivity contribution in [1.82, 2.24) is 25.5 Å². The average molecular weight is 285 g/mol. The largest absolute Gasteiger partial charge is 0.383 e. The van der Waals surface area contributed by atoms with Gasteiger partial charge in [0.2, 0.25) is 5.16 Å². The SMILES string of the molecule is COCCNCCn1nnnc1SCC1CCCC1. The van der Waals surface area contributed by atoms with E-state index in [2.05, 4.69) is 20.8 Å². The summed E-state index contributed by atoms with van der Waals surface area (Å²) in [6.45, 7) is 3.27. The number of nitrogens with zero attached hydrogens (tertiary/aromatic N) is 4. The molecule has 1 saturated carbocycles. The minimum atomic E-state index is 0.735. The molecule has 0 amide bonds. The molecule has 0 aliphatic heterocycles. The van der Waals surface area contributed by atoms with Gasteiger partial charge in [-0.25, -0.2) is 4.68 Å². The second-order valence-electron chi connectivity index (χ2n) is 4.89. The van der Waals surface area contributed by atoms with Gasteiger partial charge < -0.3 is 10.1 Å². The van der Waals surface area contributed by atoms with E-state index < -0.39 is 0 Å². The lowest BCUT2D eigenvalue weighted by molar-refractivity contribution is 0.199. The van der Waals surface area contributed by atoms with E-state index in [-0.39, 0.29) is 0 Å². The van der Waals surface area contributed by atoms with Crippen LogP contribution in [0.15, 0.2) is 5.16 Å². The van der Waals surface area contributed by atoms with Crippen LogP contribution in [0, 0.1) is 5.92 Å². The van der Waals surface area contributed by atoms with Gasteiger partial charge in [0.25, 0.3) is 0 Å². The van der Waals surface area contributed by atoms with Gasteiger partial charge in [0, 0.05) is 26.0 Å². The lowest BCUT2D eigenvalue weighted by Crippen LogP contribution is -2.24. The number of aromatic nitrogens is 4. The summed E-state index contributed by atoms with van der Waals surface area (Å²) in [6, 6.07) is 0. The molecule has 19 heavy (non-hydrogen) atoms. The first kappa shape index (κ1) is 14.7. The molecule has 0 spiro atoms. The van der Waals surface area contributed by atoms with Gasteiger partial charge in [-0.2, -0.15) is 0 Å². The number of hydrogen-bond donors (Lipinski definition) is 1. The van der Waals surface area contributed by atoms with E-state index in [9.17, 15) is 0 Å². The molecule has 0 atom stereocenters. The lowest BCUT2D eigenvalue weighted by Gasteiger charge is -2.08. The van der Waals surface area contributed by atoms with E-state index >= 15 is 0 Å². The van der Waals surface area contributed by atoms with Crippen LogP contribution < -0.4 is 5.32 Å². The molecule has 0 bridgehead atoms. The van der Waals surface area contributed by atoms with Gasteiger partial charge in [0.1, 0.15) is 0 Å². The zero-order chi connectivity index (χ0) is 13.3. The summed E-state index contributed by atoms with van der Waals surface area (Å²) < 4.78 is 6.87. The zero-order valence-electron chi connectivity index (χ0n) is 11.5. The first-order valence-corrected chi connectivity index (χ1v) is 7.97. The summed E-state index contributed by atoms with van der Waals surface area (Å²) in [7, 11) is 1.71. The minimum absolute atomic E-state index is 0.735. The Morgan fingerprint density at radius 2 is 2.21 bits per heavy atom. The quantitative estimate of drug-likeness (QED) is 0.543. The van der Waals surface area contributed by atoms with Gasteiger partial charge >= 0.3 is 0 Å². The third kappa shape index (κ3) is 5.08. The van der Waals surface area contributed by atoms with Crippen molar-refractivity contribution in [2.45, 2.75) is 37.4 Å². The Morgan fingerprint density at radius 1 is 1.37 bits per heavy atom. The van der Waals surface area contributed by atoms with Crippen molar-refractivity contribution in [2.24, 2.45) is 5.92 Å². The highest BCUT2D eigenvalue weighted by Crippen LogP contribution is 2.29. The molecule has 108 valence electrons. The lowest BCUT2D eigenvalue weighted by atomic mass is 10.1. The van der Waals surface area contributed by atoms with Crippen LogP contribution in [0.3, 0.4) is 0 Å². The van der Waals surface area contributed by atoms with Crippen LogP contribution in [-0.4, -0.2) is 52.8 Å². The zero-order valence-corrected chi connectivity index (χ0v) is 12.4. The summed E-state index contributed by atoms with van der Waals surface area (Å²) in [5, 5.41) is 16.2. The summed E-state index contributed by atoms with van der Waals surface area (Å²) in [5.74, 6) is 2.01. The number of ether oxygens (including phenoxy) is 1. The van der Waals surface area contributed by atoms with Crippen LogP contribution >= 0.6 is 11.8 Å². The second-order valence-corrected chi connectivity index (χ2v) is 5.88. The molecule has 1 fully saturated rings. The third-order valence-electron chi connectivity index (χ3n) is 3.41. The Kier molecular flexibility index (Phi) is 6.59. The summed E-state index contributed by atoms with van der Waals surface area (Å²) in [4.78, 5) is 0. The molecule has 0 aromatic carbocycles. The monoisotopic (exact) mass is 285 g/mol. The standard InChI is InChI=1S/C12H23N5OS/c1-18-9-7-13-6-8-17-12(14-15-16-17)19-10-11-4-2-3-5-11/h11,13H,2-10H2,1H3. The van der Waals surface area contributed by atoms with E-state index in [4.69, 9.17) is 4.74 Å². The van der Waals surface area contributed by atoms with E-state index in [1.165, 1.54) is 25.7 Å². The summed E-state index contributed by atoms with van der Waals surface area (Å²) in [6.07, 6.45) is 5.51. The van der Waals surface area contributed by atoms with Crippen LogP contribution in [0.5, 0.6) is 0 Å². The first-order chi connectivity index (χ1) is 9.40. The predicted octanol–water partition coefficient (Wildman–Crippen LogP) is 1.19. The van der Waals surface area contributed by atoms with E-state index in [0.29, 0.717) is 0 Å². The maximum Gasteiger partial charge on any atom is 0.209 e. The molecular formula is C12H23N5OS. The first-order valence-electron chi connectivity index (χ1n) is 6.99. The van der Waals surface area contributed by atoms with Crippen LogP contribution in [0.1, 0.15) is 25.7 Å². The van der Waals surface area contributed by atoms with Gasteiger partial charge in [0.05, 0.1) is 13.2 Å². The Balaban J connectivity index is 1.67. The molecule has 2 rings (SSSR count). The summed E-state index contributed by atoms with van der Waals surface area (Å²) >= 11 is 1.79. The van der Waals surface area contributed by atoms with Crippen molar-refractivity contribution < 1.29 is 4.74 Å². The van der Waals surface area contributed by atoms with E-state index in [1.807, 2.05) is 4.68 Å². The number of tetrazole rings is 1.